The summed E-state index contributed by atoms with van der Waals surface area (Å²) in [5.74, 6) is 1.87. The van der Waals surface area contributed by atoms with E-state index in [-0.39, 0.29) is 0 Å². The molecule has 0 saturated carbocycles. The molecule has 0 bridgehead atoms. The van der Waals surface area contributed by atoms with E-state index in [1.807, 2.05) is 13.8 Å². The monoisotopic (exact) mass is 307 g/mol. The number of hydrogen-bond acceptors (Lipinski definition) is 5. The molecule has 0 aromatic carbocycles. The van der Waals surface area contributed by atoms with Crippen LogP contribution >= 0.6 is 0 Å². The summed E-state index contributed by atoms with van der Waals surface area (Å²) in [6.45, 7) is 12.8. The minimum absolute atomic E-state index is 0.892. The van der Waals surface area contributed by atoms with Crippen molar-refractivity contribution in [1.82, 2.24) is 15.0 Å². The van der Waals surface area contributed by atoms with E-state index in [9.17, 15) is 0 Å². The van der Waals surface area contributed by atoms with Crippen molar-refractivity contribution in [3.05, 3.63) is 17.0 Å². The third-order valence-corrected chi connectivity index (χ3v) is 5.23. The molecule has 3 heterocycles. The molecule has 0 radical (unpaired) electrons. The van der Waals surface area contributed by atoms with E-state index >= 15 is 0 Å². The summed E-state index contributed by atoms with van der Waals surface area (Å²) in [5.41, 5.74) is 2.33. The largest absolute Gasteiger partial charge is 0.379 e. The lowest BCUT2D eigenvalue weighted by Crippen LogP contribution is -2.39. The van der Waals surface area contributed by atoms with Gasteiger partial charge < -0.3 is 9.26 Å². The highest BCUT2D eigenvalue weighted by Crippen LogP contribution is 2.24. The Morgan fingerprint density at radius 3 is 2.41 bits per heavy atom. The van der Waals surface area contributed by atoms with Gasteiger partial charge in [-0.25, -0.2) is 0 Å². The average Bonchev–Trinajstić information content (AvgIpc) is 2.87. The van der Waals surface area contributed by atoms with Crippen molar-refractivity contribution in [2.75, 3.05) is 45.9 Å². The Morgan fingerprint density at radius 2 is 1.77 bits per heavy atom. The van der Waals surface area contributed by atoms with Crippen molar-refractivity contribution in [2.24, 2.45) is 5.92 Å². The van der Waals surface area contributed by atoms with E-state index < -0.39 is 0 Å². The van der Waals surface area contributed by atoms with Crippen molar-refractivity contribution in [3.63, 3.8) is 0 Å². The highest BCUT2D eigenvalue weighted by atomic mass is 16.5. The molecule has 0 aliphatic carbocycles. The maximum atomic E-state index is 5.41. The second-order valence-corrected chi connectivity index (χ2v) is 6.76. The molecule has 0 atom stereocenters. The molecule has 5 nitrogen and oxygen atoms in total. The van der Waals surface area contributed by atoms with Crippen molar-refractivity contribution < 1.29 is 9.26 Å². The molecule has 0 unspecified atom stereocenters. The lowest BCUT2D eigenvalue weighted by atomic mass is 9.93. The van der Waals surface area contributed by atoms with Gasteiger partial charge in [0.1, 0.15) is 5.76 Å². The van der Waals surface area contributed by atoms with E-state index in [0.29, 0.717) is 0 Å². The molecule has 2 aliphatic heterocycles. The van der Waals surface area contributed by atoms with Crippen LogP contribution < -0.4 is 0 Å². The molecule has 0 spiro atoms. The Labute approximate surface area is 133 Å². The van der Waals surface area contributed by atoms with Crippen LogP contribution in [0.25, 0.3) is 0 Å². The van der Waals surface area contributed by atoms with Gasteiger partial charge in [0.15, 0.2) is 0 Å². The second-order valence-electron chi connectivity index (χ2n) is 6.76. The maximum absolute atomic E-state index is 5.41. The normalized spacial score (nSPS) is 22.3. The fraction of sp³-hybridized carbons (Fsp3) is 0.824. The SMILES string of the molecule is Cc1noc(C)c1CN1CCC(CCN2CCOCC2)CC1. The highest BCUT2D eigenvalue weighted by molar-refractivity contribution is 5.20. The maximum Gasteiger partial charge on any atom is 0.138 e. The zero-order valence-corrected chi connectivity index (χ0v) is 14.0. The van der Waals surface area contributed by atoms with E-state index in [1.54, 1.807) is 0 Å². The van der Waals surface area contributed by atoms with Gasteiger partial charge in [0.25, 0.3) is 0 Å². The number of hydrogen-bond donors (Lipinski definition) is 0. The standard InChI is InChI=1S/C17H29N3O2/c1-14-17(15(2)22-18-14)13-20-7-4-16(5-8-20)3-6-19-9-11-21-12-10-19/h16H,3-13H2,1-2H3. The lowest BCUT2D eigenvalue weighted by molar-refractivity contribution is 0.0334. The van der Waals surface area contributed by atoms with E-state index in [4.69, 9.17) is 9.26 Å². The molecule has 2 saturated heterocycles. The van der Waals surface area contributed by atoms with Crippen LogP contribution in [0.2, 0.25) is 0 Å². The molecular formula is C17H29N3O2. The minimum Gasteiger partial charge on any atom is -0.379 e. The Balaban J connectivity index is 1.39. The number of aryl methyl sites for hydroxylation is 2. The molecule has 0 N–H and O–H groups in total. The van der Waals surface area contributed by atoms with Crippen LogP contribution in [0.1, 0.15) is 36.3 Å². The van der Waals surface area contributed by atoms with Gasteiger partial charge in [-0.3, -0.25) is 9.80 Å². The number of piperidine rings is 1. The lowest BCUT2D eigenvalue weighted by Gasteiger charge is -2.33. The van der Waals surface area contributed by atoms with Crippen LogP contribution in [0.4, 0.5) is 0 Å². The molecule has 1 aromatic rings. The molecule has 124 valence electrons. The zero-order valence-electron chi connectivity index (χ0n) is 14.0. The number of nitrogens with zero attached hydrogens (tertiary/aromatic N) is 3. The van der Waals surface area contributed by atoms with E-state index in [2.05, 4.69) is 15.0 Å². The zero-order chi connectivity index (χ0) is 15.4. The van der Waals surface area contributed by atoms with Gasteiger partial charge in [0.05, 0.1) is 18.9 Å². The van der Waals surface area contributed by atoms with Crippen molar-refractivity contribution >= 4 is 0 Å². The van der Waals surface area contributed by atoms with Crippen LogP contribution in [0.15, 0.2) is 4.52 Å². The van der Waals surface area contributed by atoms with E-state index in [0.717, 1.165) is 50.2 Å². The first-order chi connectivity index (χ1) is 10.7. The predicted molar refractivity (Wildman–Crippen MR) is 85.9 cm³/mol. The summed E-state index contributed by atoms with van der Waals surface area (Å²) < 4.78 is 10.7. The molecule has 1 aromatic heterocycles. The molecule has 2 aliphatic rings. The van der Waals surface area contributed by atoms with Crippen LogP contribution in [-0.2, 0) is 11.3 Å². The number of ether oxygens (including phenoxy) is 1. The third kappa shape index (κ3) is 4.09. The van der Waals surface area contributed by atoms with Gasteiger partial charge in [-0.15, -0.1) is 0 Å². The number of morpholine rings is 1. The van der Waals surface area contributed by atoms with Crippen LogP contribution in [0.3, 0.4) is 0 Å². The number of likely N-dealkylation sites (tertiary alicyclic amines) is 1. The number of rotatable bonds is 5. The summed E-state index contributed by atoms with van der Waals surface area (Å²) in [7, 11) is 0. The average molecular weight is 307 g/mol. The van der Waals surface area contributed by atoms with Crippen LogP contribution in [0.5, 0.6) is 0 Å². The van der Waals surface area contributed by atoms with Crippen molar-refractivity contribution in [2.45, 2.75) is 39.7 Å². The van der Waals surface area contributed by atoms with Gasteiger partial charge in [0, 0.05) is 25.2 Å². The molecule has 3 rings (SSSR count). The summed E-state index contributed by atoms with van der Waals surface area (Å²) in [6, 6.07) is 0. The predicted octanol–water partition coefficient (Wildman–Crippen LogP) is 2.23. The van der Waals surface area contributed by atoms with Gasteiger partial charge >= 0.3 is 0 Å². The first-order valence-corrected chi connectivity index (χ1v) is 8.66. The van der Waals surface area contributed by atoms with Crippen molar-refractivity contribution in [3.8, 4) is 0 Å². The number of aromatic nitrogens is 1. The fourth-order valence-electron chi connectivity index (χ4n) is 3.57. The van der Waals surface area contributed by atoms with Gasteiger partial charge in [-0.1, -0.05) is 5.16 Å². The summed E-state index contributed by atoms with van der Waals surface area (Å²) in [4.78, 5) is 5.11. The summed E-state index contributed by atoms with van der Waals surface area (Å²) in [5, 5.41) is 4.06. The fourth-order valence-corrected chi connectivity index (χ4v) is 3.57. The first kappa shape index (κ1) is 16.0. The Morgan fingerprint density at radius 1 is 1.05 bits per heavy atom. The van der Waals surface area contributed by atoms with Gasteiger partial charge in [-0.05, 0) is 58.7 Å². The highest BCUT2D eigenvalue weighted by Gasteiger charge is 2.22. The summed E-state index contributed by atoms with van der Waals surface area (Å²) >= 11 is 0. The van der Waals surface area contributed by atoms with E-state index in [1.165, 1.54) is 44.5 Å². The Kier molecular flexibility index (Phi) is 5.50. The quantitative estimate of drug-likeness (QED) is 0.834. The Bertz CT molecular complexity index is 441. The minimum atomic E-state index is 0.892. The second kappa shape index (κ2) is 7.57. The van der Waals surface area contributed by atoms with Crippen molar-refractivity contribution in [1.29, 1.82) is 0 Å². The Hall–Kier alpha value is -0.910. The molecular weight excluding hydrogens is 278 g/mol. The molecule has 0 amide bonds. The topological polar surface area (TPSA) is 41.7 Å². The third-order valence-electron chi connectivity index (χ3n) is 5.23. The van der Waals surface area contributed by atoms with Gasteiger partial charge in [0.2, 0.25) is 0 Å². The van der Waals surface area contributed by atoms with Gasteiger partial charge in [-0.2, -0.15) is 0 Å². The molecule has 5 heteroatoms. The summed E-state index contributed by atoms with van der Waals surface area (Å²) in [6.07, 6.45) is 4.00. The van der Waals surface area contributed by atoms with Crippen LogP contribution in [-0.4, -0.2) is 60.9 Å². The molecule has 22 heavy (non-hydrogen) atoms. The van der Waals surface area contributed by atoms with Crippen LogP contribution in [0, 0.1) is 19.8 Å². The smallest absolute Gasteiger partial charge is 0.138 e. The molecule has 2 fully saturated rings. The first-order valence-electron chi connectivity index (χ1n) is 8.66.